The summed E-state index contributed by atoms with van der Waals surface area (Å²) in [4.78, 5) is 24.4. The lowest BCUT2D eigenvalue weighted by Crippen LogP contribution is -2.33. The lowest BCUT2D eigenvalue weighted by Gasteiger charge is -2.20. The van der Waals surface area contributed by atoms with Crippen LogP contribution in [0.2, 0.25) is 0 Å². The zero-order valence-corrected chi connectivity index (χ0v) is 11.2. The fraction of sp³-hybridized carbons (Fsp3) is 0.333. The van der Waals surface area contributed by atoms with E-state index in [9.17, 15) is 14.0 Å². The van der Waals surface area contributed by atoms with E-state index in [0.717, 1.165) is 18.9 Å². The molecular weight excluding hydrogens is 261 g/mol. The average molecular weight is 277 g/mol. The Morgan fingerprint density at radius 2 is 2.15 bits per heavy atom. The Hall–Kier alpha value is -2.17. The van der Waals surface area contributed by atoms with Crippen LogP contribution in [0.1, 0.15) is 35.7 Å². The molecule has 0 bridgehead atoms. The van der Waals surface area contributed by atoms with Gasteiger partial charge in [-0.15, -0.1) is 0 Å². The fourth-order valence-electron chi connectivity index (χ4n) is 2.09. The number of aliphatic carboxylic acids is 1. The Morgan fingerprint density at radius 1 is 1.45 bits per heavy atom. The second-order valence-electron chi connectivity index (χ2n) is 4.73. The van der Waals surface area contributed by atoms with Crippen molar-refractivity contribution in [3.05, 3.63) is 41.2 Å². The van der Waals surface area contributed by atoms with Gasteiger partial charge >= 0.3 is 5.97 Å². The van der Waals surface area contributed by atoms with Crippen molar-refractivity contribution in [3.8, 4) is 0 Å². The van der Waals surface area contributed by atoms with Gasteiger partial charge in [-0.1, -0.05) is 6.07 Å². The number of carbonyl (C=O) groups is 2. The second-order valence-corrected chi connectivity index (χ2v) is 4.73. The van der Waals surface area contributed by atoms with E-state index in [1.807, 2.05) is 6.92 Å². The van der Waals surface area contributed by atoms with Crippen LogP contribution in [0.3, 0.4) is 0 Å². The number of halogens is 1. The van der Waals surface area contributed by atoms with E-state index < -0.39 is 11.8 Å². The van der Waals surface area contributed by atoms with Gasteiger partial charge in [-0.3, -0.25) is 4.79 Å². The monoisotopic (exact) mass is 277 g/mol. The Morgan fingerprint density at radius 3 is 2.70 bits per heavy atom. The van der Waals surface area contributed by atoms with Crippen LogP contribution in [-0.2, 0) is 4.79 Å². The van der Waals surface area contributed by atoms with Crippen molar-refractivity contribution in [1.82, 2.24) is 4.90 Å². The first-order valence-corrected chi connectivity index (χ1v) is 6.54. The topological polar surface area (TPSA) is 57.6 Å². The number of benzene rings is 1. The Bertz CT molecular complexity index is 564. The van der Waals surface area contributed by atoms with Gasteiger partial charge in [0.2, 0.25) is 0 Å². The Kier molecular flexibility index (Phi) is 4.17. The highest BCUT2D eigenvalue weighted by Gasteiger charge is 2.32. The second kappa shape index (κ2) is 5.86. The summed E-state index contributed by atoms with van der Waals surface area (Å²) in [6.07, 6.45) is 4.21. The molecule has 0 heterocycles. The van der Waals surface area contributed by atoms with Crippen molar-refractivity contribution in [2.24, 2.45) is 0 Å². The summed E-state index contributed by atoms with van der Waals surface area (Å²) >= 11 is 0. The number of nitrogens with zero attached hydrogens (tertiary/aromatic N) is 1. The summed E-state index contributed by atoms with van der Waals surface area (Å²) in [6, 6.07) is 4.24. The van der Waals surface area contributed by atoms with Crippen molar-refractivity contribution in [3.63, 3.8) is 0 Å². The standard InChI is InChI=1S/C15H16FNO3/c1-2-17(11-5-6-11)15(20)12-9-10(3-7-13(12)16)4-8-14(18)19/h3-4,7-9,11H,2,5-6H2,1H3,(H,18,19). The molecule has 1 aliphatic carbocycles. The molecular formula is C15H16FNO3. The van der Waals surface area contributed by atoms with Gasteiger partial charge in [0.05, 0.1) is 5.56 Å². The third kappa shape index (κ3) is 3.23. The highest BCUT2D eigenvalue weighted by atomic mass is 19.1. The maximum absolute atomic E-state index is 13.8. The van der Waals surface area contributed by atoms with Crippen LogP contribution in [0.25, 0.3) is 6.08 Å². The van der Waals surface area contributed by atoms with E-state index in [1.165, 1.54) is 24.3 Å². The molecule has 1 aliphatic rings. The third-order valence-corrected chi connectivity index (χ3v) is 3.23. The fourth-order valence-corrected chi connectivity index (χ4v) is 2.09. The Balaban J connectivity index is 2.27. The molecule has 2 rings (SSSR count). The molecule has 5 heteroatoms. The number of hydrogen-bond donors (Lipinski definition) is 1. The summed E-state index contributed by atoms with van der Waals surface area (Å²) < 4.78 is 13.8. The molecule has 1 saturated carbocycles. The molecule has 0 unspecified atom stereocenters. The minimum absolute atomic E-state index is 0.00807. The van der Waals surface area contributed by atoms with E-state index in [4.69, 9.17) is 5.11 Å². The number of rotatable bonds is 5. The molecule has 106 valence electrons. The molecule has 0 atom stereocenters. The molecule has 0 saturated heterocycles. The highest BCUT2D eigenvalue weighted by molar-refractivity contribution is 5.95. The van der Waals surface area contributed by atoms with Gasteiger partial charge < -0.3 is 10.0 Å². The molecule has 1 aromatic carbocycles. The van der Waals surface area contributed by atoms with Gasteiger partial charge in [0, 0.05) is 18.7 Å². The Labute approximate surface area is 116 Å². The van der Waals surface area contributed by atoms with Gasteiger partial charge in [0.25, 0.3) is 5.91 Å². The molecule has 1 fully saturated rings. The first-order chi connectivity index (χ1) is 9.52. The number of amides is 1. The van der Waals surface area contributed by atoms with Gasteiger partial charge in [-0.25, -0.2) is 9.18 Å². The minimum Gasteiger partial charge on any atom is -0.478 e. The van der Waals surface area contributed by atoms with Crippen molar-refractivity contribution >= 4 is 18.0 Å². The molecule has 0 aliphatic heterocycles. The van der Waals surface area contributed by atoms with E-state index in [-0.39, 0.29) is 17.5 Å². The summed E-state index contributed by atoms with van der Waals surface area (Å²) in [5, 5.41) is 8.58. The third-order valence-electron chi connectivity index (χ3n) is 3.23. The zero-order valence-electron chi connectivity index (χ0n) is 11.2. The van der Waals surface area contributed by atoms with E-state index in [2.05, 4.69) is 0 Å². The lowest BCUT2D eigenvalue weighted by atomic mass is 10.1. The SMILES string of the molecule is CCN(C(=O)c1cc(C=CC(=O)O)ccc1F)C1CC1. The van der Waals surface area contributed by atoms with E-state index in [0.29, 0.717) is 12.1 Å². The smallest absolute Gasteiger partial charge is 0.328 e. The molecule has 0 radical (unpaired) electrons. The quantitative estimate of drug-likeness (QED) is 0.841. The zero-order chi connectivity index (χ0) is 14.7. The van der Waals surface area contributed by atoms with Crippen LogP contribution < -0.4 is 0 Å². The molecule has 1 N–H and O–H groups in total. The van der Waals surface area contributed by atoms with Crippen LogP contribution in [0.5, 0.6) is 0 Å². The number of carbonyl (C=O) groups excluding carboxylic acids is 1. The molecule has 1 amide bonds. The first-order valence-electron chi connectivity index (χ1n) is 6.54. The van der Waals surface area contributed by atoms with Gasteiger partial charge in [0.15, 0.2) is 0 Å². The normalized spacial score (nSPS) is 14.5. The number of carboxylic acid groups (broad SMARTS) is 1. The van der Waals surface area contributed by atoms with Crippen LogP contribution in [0.15, 0.2) is 24.3 Å². The maximum atomic E-state index is 13.8. The highest BCUT2D eigenvalue weighted by Crippen LogP contribution is 2.28. The summed E-state index contributed by atoms with van der Waals surface area (Å²) in [5.41, 5.74) is 0.482. The van der Waals surface area contributed by atoms with Crippen LogP contribution in [-0.4, -0.2) is 34.5 Å². The predicted molar refractivity (Wildman–Crippen MR) is 72.8 cm³/mol. The summed E-state index contributed by atoms with van der Waals surface area (Å²) in [6.45, 7) is 2.40. The summed E-state index contributed by atoms with van der Waals surface area (Å²) in [7, 11) is 0. The minimum atomic E-state index is -1.09. The molecule has 0 aromatic heterocycles. The van der Waals surface area contributed by atoms with E-state index in [1.54, 1.807) is 4.90 Å². The van der Waals surface area contributed by atoms with Gasteiger partial charge in [0.1, 0.15) is 5.82 Å². The summed E-state index contributed by atoms with van der Waals surface area (Å²) in [5.74, 6) is -2.00. The van der Waals surface area contributed by atoms with Gasteiger partial charge in [-0.2, -0.15) is 0 Å². The lowest BCUT2D eigenvalue weighted by molar-refractivity contribution is -0.131. The van der Waals surface area contributed by atoms with E-state index >= 15 is 0 Å². The number of carboxylic acids is 1. The van der Waals surface area contributed by atoms with Crippen LogP contribution >= 0.6 is 0 Å². The molecule has 0 spiro atoms. The molecule has 1 aromatic rings. The van der Waals surface area contributed by atoms with Crippen molar-refractivity contribution in [2.75, 3.05) is 6.54 Å². The molecule has 20 heavy (non-hydrogen) atoms. The predicted octanol–water partition coefficient (Wildman–Crippen LogP) is 2.55. The van der Waals surface area contributed by atoms with Crippen LogP contribution in [0, 0.1) is 5.82 Å². The van der Waals surface area contributed by atoms with Crippen molar-refractivity contribution < 1.29 is 19.1 Å². The average Bonchev–Trinajstić information content (AvgIpc) is 3.23. The van der Waals surface area contributed by atoms with Crippen molar-refractivity contribution in [2.45, 2.75) is 25.8 Å². The largest absolute Gasteiger partial charge is 0.478 e. The van der Waals surface area contributed by atoms with Crippen molar-refractivity contribution in [1.29, 1.82) is 0 Å². The van der Waals surface area contributed by atoms with Crippen LogP contribution in [0.4, 0.5) is 4.39 Å². The maximum Gasteiger partial charge on any atom is 0.328 e. The van der Waals surface area contributed by atoms with Gasteiger partial charge in [-0.05, 0) is 43.5 Å². The number of hydrogen-bond acceptors (Lipinski definition) is 2. The first kappa shape index (κ1) is 14.2. The molecule has 4 nitrogen and oxygen atoms in total.